The molecule has 0 saturated heterocycles. The number of halogens is 3. The SMILES string of the molecule is NC(=NCC1CCCC(C(F)(F)F)C1)NC1CCOc2ccccc21. The number of guanidine groups is 1. The lowest BCUT2D eigenvalue weighted by atomic mass is 9.81. The molecule has 0 spiro atoms. The van der Waals surface area contributed by atoms with Gasteiger partial charge in [-0.15, -0.1) is 0 Å². The number of benzene rings is 1. The van der Waals surface area contributed by atoms with Gasteiger partial charge in [0.25, 0.3) is 0 Å². The normalized spacial score (nSPS) is 27.3. The number of nitrogens with one attached hydrogen (secondary N) is 1. The van der Waals surface area contributed by atoms with Gasteiger partial charge in [-0.3, -0.25) is 4.99 Å². The third-order valence-corrected chi connectivity index (χ3v) is 5.05. The number of hydrogen-bond donors (Lipinski definition) is 2. The van der Waals surface area contributed by atoms with Gasteiger partial charge in [-0.05, 0) is 31.2 Å². The third kappa shape index (κ3) is 4.58. The summed E-state index contributed by atoms with van der Waals surface area (Å²) in [5, 5.41) is 3.18. The molecule has 1 aliphatic carbocycles. The van der Waals surface area contributed by atoms with Gasteiger partial charge in [-0.25, -0.2) is 0 Å². The number of para-hydroxylation sites is 1. The maximum absolute atomic E-state index is 12.9. The number of nitrogens with two attached hydrogens (primary N) is 1. The van der Waals surface area contributed by atoms with Crippen LogP contribution in [0.4, 0.5) is 13.2 Å². The fourth-order valence-electron chi connectivity index (χ4n) is 3.70. The second-order valence-electron chi connectivity index (χ2n) is 6.87. The van der Waals surface area contributed by atoms with Crippen molar-refractivity contribution in [3.8, 4) is 5.75 Å². The first kappa shape index (κ1) is 17.9. The van der Waals surface area contributed by atoms with Crippen molar-refractivity contribution in [2.75, 3.05) is 13.2 Å². The fourth-order valence-corrected chi connectivity index (χ4v) is 3.70. The third-order valence-electron chi connectivity index (χ3n) is 5.05. The van der Waals surface area contributed by atoms with Gasteiger partial charge in [-0.2, -0.15) is 13.2 Å². The summed E-state index contributed by atoms with van der Waals surface area (Å²) in [7, 11) is 0. The quantitative estimate of drug-likeness (QED) is 0.641. The van der Waals surface area contributed by atoms with Gasteiger partial charge in [0.2, 0.25) is 0 Å². The lowest BCUT2D eigenvalue weighted by Crippen LogP contribution is -2.38. The van der Waals surface area contributed by atoms with E-state index in [1.54, 1.807) is 0 Å². The van der Waals surface area contributed by atoms with Gasteiger partial charge in [0.1, 0.15) is 5.75 Å². The van der Waals surface area contributed by atoms with Crippen LogP contribution >= 0.6 is 0 Å². The number of aliphatic imine (C=N–C) groups is 1. The molecule has 0 amide bonds. The van der Waals surface area contributed by atoms with Crippen molar-refractivity contribution >= 4 is 5.96 Å². The molecule has 0 aromatic heterocycles. The van der Waals surface area contributed by atoms with E-state index in [2.05, 4.69) is 10.3 Å². The molecule has 7 heteroatoms. The van der Waals surface area contributed by atoms with Crippen LogP contribution in [0.15, 0.2) is 29.3 Å². The molecule has 1 fully saturated rings. The highest BCUT2D eigenvalue weighted by Crippen LogP contribution is 2.40. The minimum atomic E-state index is -4.10. The molecule has 1 aromatic rings. The van der Waals surface area contributed by atoms with Gasteiger partial charge < -0.3 is 15.8 Å². The number of nitrogens with zero attached hydrogens (tertiary/aromatic N) is 1. The molecular formula is C18H24F3N3O. The molecule has 1 heterocycles. The molecule has 4 nitrogen and oxygen atoms in total. The number of hydrogen-bond acceptors (Lipinski definition) is 2. The lowest BCUT2D eigenvalue weighted by molar-refractivity contribution is -0.185. The molecule has 3 atom stereocenters. The number of ether oxygens (including phenoxy) is 1. The molecule has 3 N–H and O–H groups in total. The Balaban J connectivity index is 1.56. The highest BCUT2D eigenvalue weighted by molar-refractivity contribution is 5.78. The van der Waals surface area contributed by atoms with Crippen molar-refractivity contribution in [1.82, 2.24) is 5.32 Å². The van der Waals surface area contributed by atoms with E-state index in [1.165, 1.54) is 0 Å². The maximum atomic E-state index is 12.9. The van der Waals surface area contributed by atoms with Crippen LogP contribution in [0.2, 0.25) is 0 Å². The molecule has 138 valence electrons. The Hall–Kier alpha value is -1.92. The Labute approximate surface area is 145 Å². The Kier molecular flexibility index (Phi) is 5.39. The molecule has 1 aliphatic heterocycles. The Bertz CT molecular complexity index is 618. The zero-order valence-corrected chi connectivity index (χ0v) is 14.1. The topological polar surface area (TPSA) is 59.6 Å². The largest absolute Gasteiger partial charge is 0.493 e. The van der Waals surface area contributed by atoms with Crippen molar-refractivity contribution in [3.05, 3.63) is 29.8 Å². The van der Waals surface area contributed by atoms with Crippen molar-refractivity contribution in [3.63, 3.8) is 0 Å². The maximum Gasteiger partial charge on any atom is 0.391 e. The minimum absolute atomic E-state index is 0.0166. The summed E-state index contributed by atoms with van der Waals surface area (Å²) in [6, 6.07) is 7.76. The van der Waals surface area contributed by atoms with Gasteiger partial charge in [0.15, 0.2) is 5.96 Å². The number of rotatable bonds is 3. The molecule has 25 heavy (non-hydrogen) atoms. The summed E-state index contributed by atoms with van der Waals surface area (Å²) in [5.41, 5.74) is 7.00. The highest BCUT2D eigenvalue weighted by atomic mass is 19.4. The molecule has 0 radical (unpaired) electrons. The summed E-state index contributed by atoms with van der Waals surface area (Å²) < 4.78 is 44.2. The Morgan fingerprint density at radius 3 is 2.84 bits per heavy atom. The molecular weight excluding hydrogens is 331 g/mol. The van der Waals surface area contributed by atoms with Crippen LogP contribution < -0.4 is 15.8 Å². The van der Waals surface area contributed by atoms with Crippen LogP contribution in [-0.4, -0.2) is 25.3 Å². The van der Waals surface area contributed by atoms with E-state index >= 15 is 0 Å². The van der Waals surface area contributed by atoms with E-state index in [-0.39, 0.29) is 30.8 Å². The average molecular weight is 355 g/mol. The van der Waals surface area contributed by atoms with Gasteiger partial charge in [0, 0.05) is 18.5 Å². The van der Waals surface area contributed by atoms with Gasteiger partial charge in [-0.1, -0.05) is 24.6 Å². The van der Waals surface area contributed by atoms with Crippen LogP contribution in [0, 0.1) is 11.8 Å². The predicted molar refractivity (Wildman–Crippen MR) is 90.4 cm³/mol. The van der Waals surface area contributed by atoms with E-state index < -0.39 is 12.1 Å². The molecule has 3 rings (SSSR count). The van der Waals surface area contributed by atoms with Crippen molar-refractivity contribution in [2.45, 2.75) is 44.3 Å². The molecule has 3 unspecified atom stereocenters. The first-order valence-electron chi connectivity index (χ1n) is 8.78. The van der Waals surface area contributed by atoms with Crippen molar-refractivity contribution in [2.24, 2.45) is 22.6 Å². The fraction of sp³-hybridized carbons (Fsp3) is 0.611. The second-order valence-corrected chi connectivity index (χ2v) is 6.87. The molecule has 1 saturated carbocycles. The summed E-state index contributed by atoms with van der Waals surface area (Å²) in [6.45, 7) is 0.939. The Morgan fingerprint density at radius 2 is 2.04 bits per heavy atom. The minimum Gasteiger partial charge on any atom is -0.493 e. The van der Waals surface area contributed by atoms with Crippen molar-refractivity contribution < 1.29 is 17.9 Å². The number of fused-ring (bicyclic) bond motifs is 1. The van der Waals surface area contributed by atoms with Crippen LogP contribution in [0.5, 0.6) is 5.75 Å². The molecule has 0 bridgehead atoms. The number of alkyl halides is 3. The monoisotopic (exact) mass is 355 g/mol. The summed E-state index contributed by atoms with van der Waals surface area (Å²) in [5.74, 6) is -0.129. The second kappa shape index (κ2) is 7.54. The van der Waals surface area contributed by atoms with E-state index in [0.717, 1.165) is 24.2 Å². The van der Waals surface area contributed by atoms with Crippen LogP contribution in [0.3, 0.4) is 0 Å². The summed E-state index contributed by atoms with van der Waals surface area (Å²) in [4.78, 5) is 4.31. The van der Waals surface area contributed by atoms with Crippen LogP contribution in [0.1, 0.15) is 43.7 Å². The smallest absolute Gasteiger partial charge is 0.391 e. The zero-order valence-electron chi connectivity index (χ0n) is 14.1. The molecule has 1 aromatic carbocycles. The van der Waals surface area contributed by atoms with Crippen LogP contribution in [-0.2, 0) is 0 Å². The highest BCUT2D eigenvalue weighted by Gasteiger charge is 2.42. The van der Waals surface area contributed by atoms with E-state index in [0.29, 0.717) is 19.6 Å². The van der Waals surface area contributed by atoms with Gasteiger partial charge >= 0.3 is 6.18 Å². The van der Waals surface area contributed by atoms with E-state index in [4.69, 9.17) is 10.5 Å². The van der Waals surface area contributed by atoms with E-state index in [9.17, 15) is 13.2 Å². The first-order chi connectivity index (χ1) is 11.9. The predicted octanol–water partition coefficient (Wildman–Crippen LogP) is 3.78. The molecule has 2 aliphatic rings. The summed E-state index contributed by atoms with van der Waals surface area (Å²) in [6.07, 6.45) is -1.56. The van der Waals surface area contributed by atoms with Crippen molar-refractivity contribution in [1.29, 1.82) is 0 Å². The van der Waals surface area contributed by atoms with Crippen LogP contribution in [0.25, 0.3) is 0 Å². The van der Waals surface area contributed by atoms with E-state index in [1.807, 2.05) is 24.3 Å². The lowest BCUT2D eigenvalue weighted by Gasteiger charge is -2.30. The average Bonchev–Trinajstić information content (AvgIpc) is 2.60. The zero-order chi connectivity index (χ0) is 17.9. The Morgan fingerprint density at radius 1 is 1.24 bits per heavy atom. The first-order valence-corrected chi connectivity index (χ1v) is 8.78. The summed E-state index contributed by atoms with van der Waals surface area (Å²) >= 11 is 0. The van der Waals surface area contributed by atoms with Gasteiger partial charge in [0.05, 0.1) is 18.6 Å². The standard InChI is InChI=1S/C18H24F3N3O/c19-18(20,21)13-5-3-4-12(10-13)11-23-17(22)24-15-8-9-25-16-7-2-1-6-14(15)16/h1-2,6-7,12-13,15H,3-5,8-11H2,(H3,22,23,24).